The molecule has 5 aromatic rings. The van der Waals surface area contributed by atoms with E-state index in [2.05, 4.69) is 31.6 Å². The number of carbonyl (C=O) groups is 6. The van der Waals surface area contributed by atoms with Crippen molar-refractivity contribution in [2.45, 2.75) is 95.0 Å². The van der Waals surface area contributed by atoms with Gasteiger partial charge in [0.15, 0.2) is 0 Å². The molecule has 5 amide bonds. The maximum Gasteiger partial charge on any atom is 0.326 e. The SMILES string of the molecule is CC(C)[C@H](NC(=O)[C@H](CCCCN)NC(=O)[C@H](Cc1ccccc1)NC(=O)[C@H](Cc1c[nH]c2ccccc12)NC(=O)[C@H](Cc1ccccc1)NC(=O)[C@@H](N)Cc1ccccc1)C(=O)O. The number of rotatable bonds is 24. The summed E-state index contributed by atoms with van der Waals surface area (Å²) in [5.74, 6) is -4.93. The fraction of sp³-hybridized carbons (Fsp3) is 0.347. The van der Waals surface area contributed by atoms with Gasteiger partial charge in [0.05, 0.1) is 6.04 Å². The summed E-state index contributed by atoms with van der Waals surface area (Å²) in [6.07, 6.45) is 3.25. The van der Waals surface area contributed by atoms with Gasteiger partial charge < -0.3 is 48.1 Å². The van der Waals surface area contributed by atoms with Crippen LogP contribution in [0, 0.1) is 5.92 Å². The molecule has 1 aromatic heterocycles. The van der Waals surface area contributed by atoms with Gasteiger partial charge >= 0.3 is 5.97 Å². The number of fused-ring (bicyclic) bond motifs is 1. The molecule has 15 nitrogen and oxygen atoms in total. The number of nitrogens with one attached hydrogen (secondary N) is 6. The third-order valence-corrected chi connectivity index (χ3v) is 11.0. The van der Waals surface area contributed by atoms with E-state index in [0.29, 0.717) is 30.5 Å². The summed E-state index contributed by atoms with van der Waals surface area (Å²) < 4.78 is 0. The molecule has 0 aliphatic heterocycles. The summed E-state index contributed by atoms with van der Waals surface area (Å²) in [6, 6.07) is 27.9. The van der Waals surface area contributed by atoms with E-state index in [1.165, 1.54) is 0 Å². The fourth-order valence-corrected chi connectivity index (χ4v) is 7.43. The van der Waals surface area contributed by atoms with Crippen molar-refractivity contribution >= 4 is 46.4 Å². The minimum atomic E-state index is -1.27. The third kappa shape index (κ3) is 14.4. The van der Waals surface area contributed by atoms with Crippen molar-refractivity contribution in [3.05, 3.63) is 144 Å². The average Bonchev–Trinajstić information content (AvgIpc) is 3.70. The van der Waals surface area contributed by atoms with Crippen LogP contribution < -0.4 is 38.1 Å². The Kier molecular flexibility index (Phi) is 18.2. The van der Waals surface area contributed by atoms with Crippen molar-refractivity contribution in [1.29, 1.82) is 0 Å². The molecule has 0 saturated carbocycles. The average molecular weight is 873 g/mol. The van der Waals surface area contributed by atoms with Gasteiger partial charge in [0, 0.05) is 36.4 Å². The number of hydrogen-bond donors (Lipinski definition) is 9. The van der Waals surface area contributed by atoms with Crippen molar-refractivity contribution in [2.24, 2.45) is 17.4 Å². The second kappa shape index (κ2) is 24.1. The maximum absolute atomic E-state index is 14.7. The number of para-hydroxylation sites is 1. The summed E-state index contributed by atoms with van der Waals surface area (Å²) >= 11 is 0. The van der Waals surface area contributed by atoms with Gasteiger partial charge in [0.25, 0.3) is 0 Å². The lowest BCUT2D eigenvalue weighted by Gasteiger charge is -2.28. The van der Waals surface area contributed by atoms with E-state index in [0.717, 1.165) is 22.0 Å². The lowest BCUT2D eigenvalue weighted by Crippen LogP contribution is -2.60. The molecule has 0 saturated heterocycles. The molecule has 64 heavy (non-hydrogen) atoms. The molecule has 1 heterocycles. The van der Waals surface area contributed by atoms with E-state index < -0.39 is 77.7 Å². The van der Waals surface area contributed by atoms with Gasteiger partial charge in [-0.2, -0.15) is 0 Å². The third-order valence-electron chi connectivity index (χ3n) is 11.0. The Morgan fingerprint density at radius 2 is 0.984 bits per heavy atom. The molecule has 0 aliphatic carbocycles. The van der Waals surface area contributed by atoms with Gasteiger partial charge in [-0.1, -0.05) is 123 Å². The Morgan fingerprint density at radius 3 is 1.48 bits per heavy atom. The quantitative estimate of drug-likeness (QED) is 0.0413. The predicted molar refractivity (Wildman–Crippen MR) is 245 cm³/mol. The van der Waals surface area contributed by atoms with Crippen molar-refractivity contribution < 1.29 is 33.9 Å². The number of hydrogen-bond acceptors (Lipinski definition) is 8. The van der Waals surface area contributed by atoms with Crippen LogP contribution in [0.2, 0.25) is 0 Å². The van der Waals surface area contributed by atoms with Gasteiger partial charge in [-0.15, -0.1) is 0 Å². The van der Waals surface area contributed by atoms with Crippen LogP contribution in [0.25, 0.3) is 10.9 Å². The Morgan fingerprint density at radius 1 is 0.547 bits per heavy atom. The summed E-state index contributed by atoms with van der Waals surface area (Å²) in [7, 11) is 0. The van der Waals surface area contributed by atoms with Crippen molar-refractivity contribution in [3.8, 4) is 0 Å². The number of aliphatic carboxylic acids is 1. The molecule has 11 N–H and O–H groups in total. The zero-order valence-electron chi connectivity index (χ0n) is 36.3. The van der Waals surface area contributed by atoms with Gasteiger partial charge in [0.1, 0.15) is 30.2 Å². The monoisotopic (exact) mass is 872 g/mol. The summed E-state index contributed by atoms with van der Waals surface area (Å²) in [5.41, 5.74) is 15.9. The normalized spacial score (nSPS) is 14.0. The minimum Gasteiger partial charge on any atom is -0.480 e. The Bertz CT molecular complexity index is 2310. The molecule has 0 fully saturated rings. The van der Waals surface area contributed by atoms with E-state index in [9.17, 15) is 33.9 Å². The number of carbonyl (C=O) groups excluding carboxylic acids is 5. The number of benzene rings is 4. The van der Waals surface area contributed by atoms with E-state index >= 15 is 0 Å². The molecule has 0 aliphatic rings. The van der Waals surface area contributed by atoms with Crippen LogP contribution in [0.4, 0.5) is 0 Å². The van der Waals surface area contributed by atoms with Crippen LogP contribution in [-0.2, 0) is 54.5 Å². The van der Waals surface area contributed by atoms with Crippen LogP contribution in [0.3, 0.4) is 0 Å². The van der Waals surface area contributed by atoms with Crippen LogP contribution in [-0.4, -0.2) is 88.4 Å². The van der Waals surface area contributed by atoms with Gasteiger partial charge in [-0.05, 0) is 66.5 Å². The number of aromatic nitrogens is 1. The Balaban J connectivity index is 1.45. The molecule has 0 unspecified atom stereocenters. The van der Waals surface area contributed by atoms with E-state index in [1.807, 2.05) is 91.0 Å². The van der Waals surface area contributed by atoms with Gasteiger partial charge in [0.2, 0.25) is 29.5 Å². The van der Waals surface area contributed by atoms with Crippen molar-refractivity contribution in [3.63, 3.8) is 0 Å². The fourth-order valence-electron chi connectivity index (χ4n) is 7.43. The van der Waals surface area contributed by atoms with Crippen LogP contribution in [0.1, 0.15) is 55.4 Å². The molecule has 15 heteroatoms. The first-order chi connectivity index (χ1) is 30.8. The van der Waals surface area contributed by atoms with Crippen molar-refractivity contribution in [1.82, 2.24) is 31.6 Å². The van der Waals surface area contributed by atoms with E-state index in [1.54, 1.807) is 44.3 Å². The number of aromatic amines is 1. The van der Waals surface area contributed by atoms with Crippen LogP contribution in [0.5, 0.6) is 0 Å². The number of amides is 5. The second-order valence-corrected chi connectivity index (χ2v) is 16.3. The first kappa shape index (κ1) is 48.2. The van der Waals surface area contributed by atoms with Crippen molar-refractivity contribution in [2.75, 3.05) is 6.54 Å². The first-order valence-electron chi connectivity index (χ1n) is 21.7. The molecule has 4 aromatic carbocycles. The highest BCUT2D eigenvalue weighted by molar-refractivity contribution is 5.97. The molecule has 5 rings (SSSR count). The number of nitrogens with two attached hydrogens (primary N) is 2. The first-order valence-corrected chi connectivity index (χ1v) is 21.7. The predicted octanol–water partition coefficient (Wildman–Crippen LogP) is 3.06. The molecular weight excluding hydrogens is 813 g/mol. The minimum absolute atomic E-state index is 0.00329. The highest BCUT2D eigenvalue weighted by Gasteiger charge is 2.34. The molecule has 0 spiro atoms. The molecule has 0 radical (unpaired) electrons. The van der Waals surface area contributed by atoms with Gasteiger partial charge in [-0.25, -0.2) is 4.79 Å². The van der Waals surface area contributed by atoms with Crippen LogP contribution >= 0.6 is 0 Å². The van der Waals surface area contributed by atoms with E-state index in [-0.39, 0.29) is 32.1 Å². The van der Waals surface area contributed by atoms with E-state index in [4.69, 9.17) is 11.5 Å². The molecule has 338 valence electrons. The molecule has 0 bridgehead atoms. The summed E-state index contributed by atoms with van der Waals surface area (Å²) in [6.45, 7) is 3.67. The number of carboxylic acids is 1. The Labute approximate surface area is 373 Å². The summed E-state index contributed by atoms with van der Waals surface area (Å²) in [5, 5.41) is 24.5. The maximum atomic E-state index is 14.7. The number of H-pyrrole nitrogens is 1. The smallest absolute Gasteiger partial charge is 0.326 e. The standard InChI is InChI=1S/C49H60N8O7/c1-31(2)43(49(63)64)57-45(59)39(24-14-15-25-50)53-46(60)41(28-34-20-10-5-11-21-34)55-48(62)42(29-35-30-52-38-23-13-12-22-36(35)38)56-47(61)40(27-33-18-8-4-9-19-33)54-44(58)37(51)26-32-16-6-3-7-17-32/h3-13,16-23,30-31,37,39-43,52H,14-15,24-29,50-51H2,1-2H3,(H,53,60)(H,54,58)(H,55,62)(H,56,61)(H,57,59)(H,63,64)/t37-,39-,40-,41-,42-,43-/m0/s1. The topological polar surface area (TPSA) is 251 Å². The summed E-state index contributed by atoms with van der Waals surface area (Å²) in [4.78, 5) is 86.0. The number of unbranched alkanes of at least 4 members (excludes halogenated alkanes) is 1. The molecular formula is C49H60N8O7. The zero-order chi connectivity index (χ0) is 46.0. The van der Waals surface area contributed by atoms with Crippen LogP contribution in [0.15, 0.2) is 121 Å². The second-order valence-electron chi connectivity index (χ2n) is 16.3. The highest BCUT2D eigenvalue weighted by atomic mass is 16.4. The largest absolute Gasteiger partial charge is 0.480 e. The lowest BCUT2D eigenvalue weighted by molar-refractivity contribution is -0.143. The Hall–Kier alpha value is -6.84. The highest BCUT2D eigenvalue weighted by Crippen LogP contribution is 2.20. The number of carboxylic acid groups (broad SMARTS) is 1. The zero-order valence-corrected chi connectivity index (χ0v) is 36.3. The molecule has 6 atom stereocenters. The lowest BCUT2D eigenvalue weighted by atomic mass is 9.99. The van der Waals surface area contributed by atoms with Gasteiger partial charge in [-0.3, -0.25) is 24.0 Å².